The van der Waals surface area contributed by atoms with Crippen LogP contribution in [0.1, 0.15) is 22.3 Å². The first-order chi connectivity index (χ1) is 12.8. The Morgan fingerprint density at radius 1 is 1.00 bits per heavy atom. The number of hydrogen-bond acceptors (Lipinski definition) is 5. The summed E-state index contributed by atoms with van der Waals surface area (Å²) >= 11 is 0. The van der Waals surface area contributed by atoms with Crippen LogP contribution in [0.5, 0.6) is 11.6 Å². The minimum Gasteiger partial charge on any atom is -0.439 e. The molecule has 0 radical (unpaired) electrons. The number of ether oxygens (including phenoxy) is 1. The zero-order chi connectivity index (χ0) is 17.5. The molecule has 5 rings (SSSR count). The number of aromatic nitrogens is 4. The van der Waals surface area contributed by atoms with Gasteiger partial charge in [0.15, 0.2) is 5.78 Å². The summed E-state index contributed by atoms with van der Waals surface area (Å²) in [5.74, 6) is 1.86. The zero-order valence-electron chi connectivity index (χ0n) is 13.8. The molecule has 0 saturated heterocycles. The van der Waals surface area contributed by atoms with Gasteiger partial charge >= 0.3 is 0 Å². The second kappa shape index (κ2) is 5.77. The van der Waals surface area contributed by atoms with Crippen LogP contribution in [0.3, 0.4) is 0 Å². The van der Waals surface area contributed by atoms with E-state index in [4.69, 9.17) is 4.74 Å². The molecule has 6 heteroatoms. The number of carbonyl (C=O) groups excluding carboxylic acids is 1. The third-order valence-electron chi connectivity index (χ3n) is 4.51. The van der Waals surface area contributed by atoms with Gasteiger partial charge in [0.2, 0.25) is 5.88 Å². The largest absolute Gasteiger partial charge is 0.439 e. The van der Waals surface area contributed by atoms with Gasteiger partial charge < -0.3 is 4.74 Å². The Bertz CT molecular complexity index is 1140. The topological polar surface area (TPSA) is 69.4 Å². The first-order valence-corrected chi connectivity index (χ1v) is 8.38. The number of fused-ring (bicyclic) bond motifs is 2. The molecule has 126 valence electrons. The Labute approximate surface area is 149 Å². The molecule has 0 N–H and O–H groups in total. The lowest BCUT2D eigenvalue weighted by molar-refractivity contribution is 0.0994. The van der Waals surface area contributed by atoms with Crippen LogP contribution in [0.15, 0.2) is 60.9 Å². The summed E-state index contributed by atoms with van der Waals surface area (Å²) in [6, 6.07) is 17.3. The van der Waals surface area contributed by atoms with Crippen molar-refractivity contribution in [3.63, 3.8) is 0 Å². The fraction of sp³-hybridized carbons (Fsp3) is 0.100. The van der Waals surface area contributed by atoms with Crippen molar-refractivity contribution in [1.82, 2.24) is 19.6 Å². The van der Waals surface area contributed by atoms with Crippen LogP contribution >= 0.6 is 0 Å². The number of Topliss-reactive ketones (excluding diaryl/α,β-unsaturated/α-hetero) is 1. The fourth-order valence-electron chi connectivity index (χ4n) is 3.23. The predicted octanol–water partition coefficient (Wildman–Crippen LogP) is 3.71. The average molecular weight is 342 g/mol. The highest BCUT2D eigenvalue weighted by atomic mass is 16.5. The number of nitrogens with zero attached hydrogens (tertiary/aromatic N) is 4. The second-order valence-electron chi connectivity index (χ2n) is 6.16. The highest BCUT2D eigenvalue weighted by Crippen LogP contribution is 2.30. The molecule has 0 unspecified atom stereocenters. The molecule has 2 aromatic carbocycles. The van der Waals surface area contributed by atoms with Gasteiger partial charge in [-0.2, -0.15) is 14.6 Å². The van der Waals surface area contributed by atoms with Crippen molar-refractivity contribution < 1.29 is 9.53 Å². The summed E-state index contributed by atoms with van der Waals surface area (Å²) in [6.45, 7) is 0. The molecule has 2 aromatic heterocycles. The van der Waals surface area contributed by atoms with Crippen LogP contribution in [-0.4, -0.2) is 25.4 Å². The van der Waals surface area contributed by atoms with Gasteiger partial charge in [0.1, 0.15) is 12.1 Å². The SMILES string of the molecule is O=C1CCc2cc(Oc3cc(-c4ccccc4)nc4ncnn34)ccc21. The summed E-state index contributed by atoms with van der Waals surface area (Å²) < 4.78 is 7.64. The van der Waals surface area contributed by atoms with Gasteiger partial charge in [-0.3, -0.25) is 4.79 Å². The van der Waals surface area contributed by atoms with Crippen LogP contribution in [0.2, 0.25) is 0 Å². The maximum Gasteiger partial charge on any atom is 0.255 e. The summed E-state index contributed by atoms with van der Waals surface area (Å²) in [5, 5.41) is 4.20. The van der Waals surface area contributed by atoms with Crippen molar-refractivity contribution >= 4 is 11.6 Å². The smallest absolute Gasteiger partial charge is 0.255 e. The van der Waals surface area contributed by atoms with E-state index in [1.807, 2.05) is 54.6 Å². The standard InChI is InChI=1S/C20H14N4O2/c25-18-9-6-14-10-15(7-8-16(14)18)26-19-11-17(13-4-2-1-3-5-13)23-20-21-12-22-24(19)20/h1-5,7-8,10-12H,6,9H2. The van der Waals surface area contributed by atoms with Crippen molar-refractivity contribution in [3.8, 4) is 22.9 Å². The lowest BCUT2D eigenvalue weighted by Gasteiger charge is -2.10. The minimum absolute atomic E-state index is 0.195. The van der Waals surface area contributed by atoms with Gasteiger partial charge in [0.05, 0.1) is 5.69 Å². The number of hydrogen-bond donors (Lipinski definition) is 0. The number of rotatable bonds is 3. The molecule has 0 aliphatic heterocycles. The van der Waals surface area contributed by atoms with Crippen molar-refractivity contribution in [2.45, 2.75) is 12.8 Å². The van der Waals surface area contributed by atoms with Crippen molar-refractivity contribution in [3.05, 3.63) is 72.1 Å². The number of benzene rings is 2. The summed E-state index contributed by atoms with van der Waals surface area (Å²) in [4.78, 5) is 20.5. The van der Waals surface area contributed by atoms with E-state index in [1.54, 1.807) is 4.52 Å². The summed E-state index contributed by atoms with van der Waals surface area (Å²) in [6.07, 6.45) is 2.78. The molecule has 4 aromatic rings. The number of carbonyl (C=O) groups is 1. The Morgan fingerprint density at radius 2 is 1.88 bits per heavy atom. The molecule has 0 spiro atoms. The van der Waals surface area contributed by atoms with E-state index in [0.29, 0.717) is 23.8 Å². The molecular formula is C20H14N4O2. The number of aryl methyl sites for hydroxylation is 1. The highest BCUT2D eigenvalue weighted by Gasteiger charge is 2.20. The Balaban J connectivity index is 1.58. The van der Waals surface area contributed by atoms with Crippen molar-refractivity contribution in [2.75, 3.05) is 0 Å². The molecule has 26 heavy (non-hydrogen) atoms. The average Bonchev–Trinajstić information content (AvgIpc) is 3.29. The van der Waals surface area contributed by atoms with E-state index >= 15 is 0 Å². The van der Waals surface area contributed by atoms with Crippen LogP contribution in [0.4, 0.5) is 0 Å². The maximum absolute atomic E-state index is 11.8. The maximum atomic E-state index is 11.8. The van der Waals surface area contributed by atoms with Crippen LogP contribution in [0, 0.1) is 0 Å². The van der Waals surface area contributed by atoms with Crippen molar-refractivity contribution in [1.29, 1.82) is 0 Å². The molecular weight excluding hydrogens is 328 g/mol. The molecule has 1 aliphatic rings. The van der Waals surface area contributed by atoms with E-state index in [-0.39, 0.29) is 5.78 Å². The van der Waals surface area contributed by atoms with E-state index in [0.717, 1.165) is 28.8 Å². The molecule has 0 saturated carbocycles. The first-order valence-electron chi connectivity index (χ1n) is 8.38. The summed E-state index contributed by atoms with van der Waals surface area (Å²) in [5.41, 5.74) is 3.56. The van der Waals surface area contributed by atoms with E-state index in [2.05, 4.69) is 15.1 Å². The molecule has 0 fully saturated rings. The molecule has 0 bridgehead atoms. The van der Waals surface area contributed by atoms with Gasteiger partial charge in [-0.25, -0.2) is 4.98 Å². The zero-order valence-corrected chi connectivity index (χ0v) is 13.8. The van der Waals surface area contributed by atoms with Crippen LogP contribution in [-0.2, 0) is 6.42 Å². The van der Waals surface area contributed by atoms with Gasteiger partial charge in [-0.05, 0) is 30.2 Å². The molecule has 1 aliphatic carbocycles. The Hall–Kier alpha value is -3.54. The van der Waals surface area contributed by atoms with E-state index in [9.17, 15) is 4.79 Å². The molecule has 6 nitrogen and oxygen atoms in total. The van der Waals surface area contributed by atoms with E-state index < -0.39 is 0 Å². The first kappa shape index (κ1) is 14.8. The van der Waals surface area contributed by atoms with Gasteiger partial charge in [0.25, 0.3) is 5.78 Å². The monoisotopic (exact) mass is 342 g/mol. The number of ketones is 1. The van der Waals surface area contributed by atoms with Gasteiger partial charge in [0, 0.05) is 23.6 Å². The van der Waals surface area contributed by atoms with Crippen LogP contribution in [0.25, 0.3) is 17.0 Å². The van der Waals surface area contributed by atoms with Crippen LogP contribution < -0.4 is 4.74 Å². The third kappa shape index (κ3) is 2.43. The normalized spacial score (nSPS) is 13.2. The molecule has 0 atom stereocenters. The van der Waals surface area contributed by atoms with Gasteiger partial charge in [-0.15, -0.1) is 0 Å². The molecule has 0 amide bonds. The fourth-order valence-corrected chi connectivity index (χ4v) is 3.23. The quantitative estimate of drug-likeness (QED) is 0.568. The highest BCUT2D eigenvalue weighted by molar-refractivity contribution is 6.00. The lowest BCUT2D eigenvalue weighted by Crippen LogP contribution is -2.00. The lowest BCUT2D eigenvalue weighted by atomic mass is 10.1. The Kier molecular flexibility index (Phi) is 3.28. The second-order valence-corrected chi connectivity index (χ2v) is 6.16. The third-order valence-corrected chi connectivity index (χ3v) is 4.51. The van der Waals surface area contributed by atoms with E-state index in [1.165, 1.54) is 6.33 Å². The van der Waals surface area contributed by atoms with Gasteiger partial charge in [-0.1, -0.05) is 30.3 Å². The van der Waals surface area contributed by atoms with Crippen molar-refractivity contribution in [2.24, 2.45) is 0 Å². The summed E-state index contributed by atoms with van der Waals surface area (Å²) in [7, 11) is 0. The minimum atomic E-state index is 0.195. The Morgan fingerprint density at radius 3 is 2.77 bits per heavy atom. The molecule has 2 heterocycles. The predicted molar refractivity (Wildman–Crippen MR) is 95.4 cm³/mol.